The average Bonchev–Trinajstić information content (AvgIpc) is 2.27. The molecule has 1 heterocycles. The molecule has 0 fully saturated rings. The summed E-state index contributed by atoms with van der Waals surface area (Å²) >= 11 is 0. The van der Waals surface area contributed by atoms with Gasteiger partial charge in [0.05, 0.1) is 12.6 Å². The molecule has 1 N–H and O–H groups in total. The van der Waals surface area contributed by atoms with E-state index in [2.05, 4.69) is 11.9 Å². The highest BCUT2D eigenvalue weighted by atomic mass is 16.5. The standard InChI is InChI=1S/C12H13NO2/c1-3-8-5-4-6-9-7-10(15-2)12(14)13-11(8)9/h4-7H,3H2,1-2H3,(H,13,14). The Morgan fingerprint density at radius 3 is 2.87 bits per heavy atom. The minimum atomic E-state index is -0.175. The number of aryl methyl sites for hydroxylation is 1. The Morgan fingerprint density at radius 1 is 1.40 bits per heavy atom. The molecule has 0 aliphatic rings. The third kappa shape index (κ3) is 1.61. The van der Waals surface area contributed by atoms with E-state index in [0.29, 0.717) is 5.75 Å². The summed E-state index contributed by atoms with van der Waals surface area (Å²) in [6, 6.07) is 7.74. The summed E-state index contributed by atoms with van der Waals surface area (Å²) in [5.74, 6) is 0.357. The Morgan fingerprint density at radius 2 is 2.20 bits per heavy atom. The number of fused-ring (bicyclic) bond motifs is 1. The molecule has 2 aromatic rings. The van der Waals surface area contributed by atoms with Crippen molar-refractivity contribution in [1.29, 1.82) is 0 Å². The maximum atomic E-state index is 11.6. The van der Waals surface area contributed by atoms with Crippen LogP contribution in [0.15, 0.2) is 29.1 Å². The molecule has 0 aliphatic heterocycles. The third-order valence-corrected chi connectivity index (χ3v) is 2.53. The third-order valence-electron chi connectivity index (χ3n) is 2.53. The molecule has 2 rings (SSSR count). The Bertz CT molecular complexity index is 543. The molecule has 1 aromatic carbocycles. The van der Waals surface area contributed by atoms with Gasteiger partial charge in [-0.15, -0.1) is 0 Å². The van der Waals surface area contributed by atoms with Crippen molar-refractivity contribution in [2.45, 2.75) is 13.3 Å². The topological polar surface area (TPSA) is 42.1 Å². The number of nitrogens with one attached hydrogen (secondary N) is 1. The summed E-state index contributed by atoms with van der Waals surface area (Å²) in [4.78, 5) is 14.4. The predicted octanol–water partition coefficient (Wildman–Crippen LogP) is 2.10. The molecule has 0 unspecified atom stereocenters. The molecule has 0 spiro atoms. The first kappa shape index (κ1) is 9.77. The van der Waals surface area contributed by atoms with Crippen molar-refractivity contribution in [2.24, 2.45) is 0 Å². The van der Waals surface area contributed by atoms with E-state index in [9.17, 15) is 4.79 Å². The summed E-state index contributed by atoms with van der Waals surface area (Å²) in [7, 11) is 1.50. The zero-order chi connectivity index (χ0) is 10.8. The van der Waals surface area contributed by atoms with Gasteiger partial charge in [-0.1, -0.05) is 25.1 Å². The fourth-order valence-corrected chi connectivity index (χ4v) is 1.72. The number of hydrogen-bond donors (Lipinski definition) is 1. The Kier molecular flexibility index (Phi) is 2.46. The van der Waals surface area contributed by atoms with Gasteiger partial charge in [-0.3, -0.25) is 4.79 Å². The molecule has 0 aliphatic carbocycles. The first-order valence-corrected chi connectivity index (χ1v) is 4.95. The fourth-order valence-electron chi connectivity index (χ4n) is 1.72. The zero-order valence-electron chi connectivity index (χ0n) is 8.83. The van der Waals surface area contributed by atoms with Crippen LogP contribution in [-0.2, 0) is 6.42 Å². The highest BCUT2D eigenvalue weighted by Crippen LogP contribution is 2.18. The Hall–Kier alpha value is -1.77. The van der Waals surface area contributed by atoms with E-state index in [0.717, 1.165) is 22.9 Å². The number of methoxy groups -OCH3 is 1. The number of para-hydroxylation sites is 1. The van der Waals surface area contributed by atoms with E-state index >= 15 is 0 Å². The van der Waals surface area contributed by atoms with Gasteiger partial charge in [0, 0.05) is 5.39 Å². The van der Waals surface area contributed by atoms with Gasteiger partial charge >= 0.3 is 0 Å². The van der Waals surface area contributed by atoms with Crippen LogP contribution in [-0.4, -0.2) is 12.1 Å². The Balaban J connectivity index is 2.80. The number of ether oxygens (including phenoxy) is 1. The highest BCUT2D eigenvalue weighted by molar-refractivity contribution is 5.82. The lowest BCUT2D eigenvalue weighted by molar-refractivity contribution is 0.409. The van der Waals surface area contributed by atoms with Crippen molar-refractivity contribution in [3.05, 3.63) is 40.2 Å². The van der Waals surface area contributed by atoms with E-state index in [1.807, 2.05) is 18.2 Å². The maximum Gasteiger partial charge on any atom is 0.290 e. The van der Waals surface area contributed by atoms with E-state index in [-0.39, 0.29) is 5.56 Å². The van der Waals surface area contributed by atoms with Gasteiger partial charge in [-0.25, -0.2) is 0 Å². The SMILES string of the molecule is CCc1cccc2cc(OC)c(=O)[nH]c12. The predicted molar refractivity (Wildman–Crippen MR) is 60.5 cm³/mol. The lowest BCUT2D eigenvalue weighted by Gasteiger charge is -2.05. The minimum absolute atomic E-state index is 0.175. The molecule has 15 heavy (non-hydrogen) atoms. The largest absolute Gasteiger partial charge is 0.491 e. The zero-order valence-corrected chi connectivity index (χ0v) is 8.83. The number of pyridine rings is 1. The molecule has 0 atom stereocenters. The van der Waals surface area contributed by atoms with E-state index in [1.54, 1.807) is 6.07 Å². The van der Waals surface area contributed by atoms with Gasteiger partial charge in [-0.05, 0) is 18.1 Å². The van der Waals surface area contributed by atoms with Crippen molar-refractivity contribution in [3.8, 4) is 5.75 Å². The molecule has 0 saturated carbocycles. The van der Waals surface area contributed by atoms with Gasteiger partial charge in [-0.2, -0.15) is 0 Å². The number of hydrogen-bond acceptors (Lipinski definition) is 2. The van der Waals surface area contributed by atoms with Crippen LogP contribution in [0.4, 0.5) is 0 Å². The number of rotatable bonds is 2. The fraction of sp³-hybridized carbons (Fsp3) is 0.250. The molecular weight excluding hydrogens is 190 g/mol. The second kappa shape index (κ2) is 3.77. The first-order chi connectivity index (χ1) is 7.26. The van der Waals surface area contributed by atoms with Crippen LogP contribution in [0, 0.1) is 0 Å². The van der Waals surface area contributed by atoms with Crippen LogP contribution in [0.25, 0.3) is 10.9 Å². The first-order valence-electron chi connectivity index (χ1n) is 4.95. The highest BCUT2D eigenvalue weighted by Gasteiger charge is 2.04. The number of benzene rings is 1. The quantitative estimate of drug-likeness (QED) is 0.812. The summed E-state index contributed by atoms with van der Waals surface area (Å²) < 4.78 is 4.98. The molecular formula is C12H13NO2. The lowest BCUT2D eigenvalue weighted by Crippen LogP contribution is -2.09. The molecule has 0 radical (unpaired) electrons. The van der Waals surface area contributed by atoms with Crippen LogP contribution >= 0.6 is 0 Å². The molecule has 0 saturated heterocycles. The smallest absolute Gasteiger partial charge is 0.290 e. The molecule has 3 nitrogen and oxygen atoms in total. The van der Waals surface area contributed by atoms with Gasteiger partial charge in [0.2, 0.25) is 0 Å². The number of H-pyrrole nitrogens is 1. The monoisotopic (exact) mass is 203 g/mol. The molecule has 0 bridgehead atoms. The van der Waals surface area contributed by atoms with Crippen LogP contribution in [0.3, 0.4) is 0 Å². The summed E-state index contributed by atoms with van der Waals surface area (Å²) in [5, 5.41) is 1.01. The van der Waals surface area contributed by atoms with E-state index < -0.39 is 0 Å². The second-order valence-corrected chi connectivity index (χ2v) is 3.40. The van der Waals surface area contributed by atoms with E-state index in [4.69, 9.17) is 4.74 Å². The van der Waals surface area contributed by atoms with Crippen LogP contribution in [0.5, 0.6) is 5.75 Å². The molecule has 3 heteroatoms. The molecule has 78 valence electrons. The van der Waals surface area contributed by atoms with Crippen molar-refractivity contribution in [2.75, 3.05) is 7.11 Å². The van der Waals surface area contributed by atoms with Gasteiger partial charge < -0.3 is 9.72 Å². The minimum Gasteiger partial charge on any atom is -0.491 e. The Labute approximate surface area is 87.7 Å². The average molecular weight is 203 g/mol. The van der Waals surface area contributed by atoms with Gasteiger partial charge in [0.1, 0.15) is 0 Å². The van der Waals surface area contributed by atoms with E-state index in [1.165, 1.54) is 7.11 Å². The second-order valence-electron chi connectivity index (χ2n) is 3.40. The van der Waals surface area contributed by atoms with Gasteiger partial charge in [0.25, 0.3) is 5.56 Å². The summed E-state index contributed by atoms with van der Waals surface area (Å²) in [6.07, 6.45) is 0.902. The number of aromatic nitrogens is 1. The van der Waals surface area contributed by atoms with Crippen molar-refractivity contribution < 1.29 is 4.74 Å². The molecule has 0 amide bonds. The normalized spacial score (nSPS) is 10.5. The van der Waals surface area contributed by atoms with Crippen LogP contribution in [0.2, 0.25) is 0 Å². The lowest BCUT2D eigenvalue weighted by atomic mass is 10.1. The molecule has 1 aromatic heterocycles. The number of aromatic amines is 1. The van der Waals surface area contributed by atoms with Crippen molar-refractivity contribution >= 4 is 10.9 Å². The van der Waals surface area contributed by atoms with Crippen molar-refractivity contribution in [1.82, 2.24) is 4.98 Å². The van der Waals surface area contributed by atoms with Crippen LogP contribution < -0.4 is 10.3 Å². The van der Waals surface area contributed by atoms with Crippen molar-refractivity contribution in [3.63, 3.8) is 0 Å². The summed E-state index contributed by atoms with van der Waals surface area (Å²) in [5.41, 5.74) is 1.88. The van der Waals surface area contributed by atoms with Crippen LogP contribution in [0.1, 0.15) is 12.5 Å². The summed E-state index contributed by atoms with van der Waals surface area (Å²) in [6.45, 7) is 2.07. The maximum absolute atomic E-state index is 11.6. The van der Waals surface area contributed by atoms with Gasteiger partial charge in [0.15, 0.2) is 5.75 Å².